The van der Waals surface area contributed by atoms with Crippen molar-refractivity contribution >= 4 is 22.0 Å². The highest BCUT2D eigenvalue weighted by Gasteiger charge is 2.25. The molecular weight excluding hydrogens is 396 g/mol. The zero-order chi connectivity index (χ0) is 22.4. The largest absolute Gasteiger partial charge is 0.459 e. The molecule has 0 fully saturated rings. The number of esters is 1. The van der Waals surface area contributed by atoms with Crippen LogP contribution in [-0.2, 0) is 25.4 Å². The maximum atomic E-state index is 13.2. The number of aryl methyl sites for hydroxylation is 1. The van der Waals surface area contributed by atoms with Crippen molar-refractivity contribution in [2.75, 3.05) is 19.6 Å². The molecule has 0 saturated heterocycles. The van der Waals surface area contributed by atoms with Crippen LogP contribution in [0.4, 0.5) is 0 Å². The maximum Gasteiger partial charge on any atom is 0.320 e. The lowest BCUT2D eigenvalue weighted by molar-refractivity contribution is -0.153. The van der Waals surface area contributed by atoms with E-state index in [-0.39, 0.29) is 35.6 Å². The molecule has 0 spiro atoms. The molecule has 0 heterocycles. The molecule has 2 N–H and O–H groups in total. The van der Waals surface area contributed by atoms with Crippen LogP contribution in [0.25, 0.3) is 0 Å². The number of hydrogen-bond acceptors (Lipinski definition) is 6. The molecule has 9 heteroatoms. The Bertz CT molecular complexity index is 830. The third-order valence-corrected chi connectivity index (χ3v) is 4.85. The number of carbonyl (C=O) groups is 2. The Kier molecular flexibility index (Phi) is 8.80. The fourth-order valence-corrected chi connectivity index (χ4v) is 3.65. The molecule has 0 aromatic heterocycles. The second-order valence-electron chi connectivity index (χ2n) is 7.99. The van der Waals surface area contributed by atoms with Crippen LogP contribution in [0.5, 0.6) is 0 Å². The van der Waals surface area contributed by atoms with E-state index in [9.17, 15) is 22.6 Å². The summed E-state index contributed by atoms with van der Waals surface area (Å²) < 4.78 is 37.1. The molecule has 1 unspecified atom stereocenters. The van der Waals surface area contributed by atoms with Crippen LogP contribution in [0.2, 0.25) is 0 Å². The Hall–Kier alpha value is -1.97. The highest BCUT2D eigenvalue weighted by molar-refractivity contribution is 7.85. The molecule has 8 nitrogen and oxygen atoms in total. The zero-order valence-electron chi connectivity index (χ0n) is 18.0. The molecule has 1 amide bonds. The number of nitrogens with one attached hydrogen (secondary N) is 1. The molecule has 0 saturated carbocycles. The van der Waals surface area contributed by atoms with Crippen molar-refractivity contribution in [2.24, 2.45) is 0 Å². The first kappa shape index (κ1) is 25.1. The van der Waals surface area contributed by atoms with Gasteiger partial charge in [0.05, 0.1) is 6.54 Å². The minimum atomic E-state index is -4.28. The summed E-state index contributed by atoms with van der Waals surface area (Å²) in [6.45, 7) is 11.5. The lowest BCUT2D eigenvalue weighted by Crippen LogP contribution is -2.45. The lowest BCUT2D eigenvalue weighted by atomic mass is 10.0. The lowest BCUT2D eigenvalue weighted by Gasteiger charge is -2.30. The van der Waals surface area contributed by atoms with E-state index >= 15 is 0 Å². The van der Waals surface area contributed by atoms with Crippen LogP contribution < -0.4 is 5.32 Å². The van der Waals surface area contributed by atoms with Crippen molar-refractivity contribution in [1.82, 2.24) is 10.2 Å². The van der Waals surface area contributed by atoms with Crippen LogP contribution in [0.1, 0.15) is 56.1 Å². The van der Waals surface area contributed by atoms with Gasteiger partial charge in [-0.25, -0.2) is 0 Å². The minimum absolute atomic E-state index is 0.0196. The van der Waals surface area contributed by atoms with Gasteiger partial charge >= 0.3 is 5.97 Å². The van der Waals surface area contributed by atoms with Gasteiger partial charge in [0, 0.05) is 24.7 Å². The van der Waals surface area contributed by atoms with E-state index in [0.717, 1.165) is 0 Å². The normalized spacial score (nSPS) is 13.1. The first-order valence-corrected chi connectivity index (χ1v) is 11.1. The summed E-state index contributed by atoms with van der Waals surface area (Å²) in [4.78, 5) is 26.6. The van der Waals surface area contributed by atoms with Crippen LogP contribution >= 0.6 is 0 Å². The number of benzene rings is 1. The highest BCUT2D eigenvalue weighted by Crippen LogP contribution is 2.20. The fraction of sp³-hybridized carbons (Fsp3) is 0.600. The van der Waals surface area contributed by atoms with Gasteiger partial charge in [-0.2, -0.15) is 8.42 Å². The number of amides is 1. The highest BCUT2D eigenvalue weighted by atomic mass is 32.2. The Balaban J connectivity index is 2.90. The van der Waals surface area contributed by atoms with Crippen LogP contribution in [0, 0.1) is 6.92 Å². The second-order valence-corrected chi connectivity index (χ2v) is 9.45. The first-order chi connectivity index (χ1) is 13.2. The maximum absolute atomic E-state index is 13.2. The van der Waals surface area contributed by atoms with Crippen molar-refractivity contribution < 1.29 is 27.3 Å². The van der Waals surface area contributed by atoms with Gasteiger partial charge in [-0.1, -0.05) is 18.2 Å². The van der Waals surface area contributed by atoms with Crippen molar-refractivity contribution in [3.63, 3.8) is 0 Å². The molecule has 1 aromatic carbocycles. The molecule has 0 aliphatic rings. The SMILES string of the molecule is CCN(C(=O)c1c(C)cccc1CS(=O)(=O)O)C(C)CNCC(=O)OC(C)(C)C. The number of hydrogen-bond donors (Lipinski definition) is 2. The minimum Gasteiger partial charge on any atom is -0.459 e. The van der Waals surface area contributed by atoms with E-state index in [2.05, 4.69) is 5.32 Å². The van der Waals surface area contributed by atoms with Gasteiger partial charge in [-0.3, -0.25) is 14.1 Å². The molecule has 0 aliphatic carbocycles. The number of carbonyl (C=O) groups excluding carboxylic acids is 2. The van der Waals surface area contributed by atoms with Crippen molar-refractivity contribution in [1.29, 1.82) is 0 Å². The number of likely N-dealkylation sites (N-methyl/N-ethyl adjacent to an activating group) is 1. The summed E-state index contributed by atoms with van der Waals surface area (Å²) in [5.74, 6) is -1.33. The predicted octanol–water partition coefficient (Wildman–Crippen LogP) is 2.16. The molecular formula is C20H32N2O6S. The fourth-order valence-electron chi connectivity index (χ4n) is 3.02. The summed E-state index contributed by atoms with van der Waals surface area (Å²) in [6, 6.07) is 4.63. The van der Waals surface area contributed by atoms with E-state index in [1.807, 2.05) is 13.8 Å². The Morgan fingerprint density at radius 2 is 1.90 bits per heavy atom. The third-order valence-electron chi connectivity index (χ3n) is 4.17. The van der Waals surface area contributed by atoms with Crippen LogP contribution in [0.15, 0.2) is 18.2 Å². The van der Waals surface area contributed by atoms with Crippen molar-refractivity contribution in [3.8, 4) is 0 Å². The summed E-state index contributed by atoms with van der Waals surface area (Å²) in [5.41, 5.74) is 0.587. The summed E-state index contributed by atoms with van der Waals surface area (Å²) in [6.07, 6.45) is 0. The molecule has 1 atom stereocenters. The van der Waals surface area contributed by atoms with Gasteiger partial charge < -0.3 is 15.0 Å². The molecule has 29 heavy (non-hydrogen) atoms. The monoisotopic (exact) mass is 428 g/mol. The average molecular weight is 429 g/mol. The zero-order valence-corrected chi connectivity index (χ0v) is 18.8. The quantitative estimate of drug-likeness (QED) is 0.458. The van der Waals surface area contributed by atoms with Gasteiger partial charge in [0.1, 0.15) is 11.4 Å². The van der Waals surface area contributed by atoms with E-state index < -0.39 is 21.5 Å². The molecule has 1 rings (SSSR count). The van der Waals surface area contributed by atoms with Crippen molar-refractivity contribution in [3.05, 3.63) is 34.9 Å². The number of ether oxygens (including phenoxy) is 1. The predicted molar refractivity (Wildman–Crippen MR) is 111 cm³/mol. The van der Waals surface area contributed by atoms with Gasteiger partial charge in [0.2, 0.25) is 0 Å². The number of nitrogens with zero attached hydrogens (tertiary/aromatic N) is 1. The standard InChI is InChI=1S/C20H32N2O6S/c1-7-22(15(3)11-21-12-17(23)28-20(4,5)6)19(24)18-14(2)9-8-10-16(18)13-29(25,26)27/h8-10,15,21H,7,11-13H2,1-6H3,(H,25,26,27). The number of rotatable bonds is 9. The molecule has 164 valence electrons. The molecule has 0 radical (unpaired) electrons. The Labute approximate surface area is 173 Å². The van der Waals surface area contributed by atoms with Crippen molar-refractivity contribution in [2.45, 2.75) is 58.9 Å². The van der Waals surface area contributed by atoms with Crippen LogP contribution in [-0.4, -0.2) is 61.0 Å². The topological polar surface area (TPSA) is 113 Å². The molecule has 0 bridgehead atoms. The van der Waals surface area contributed by atoms with E-state index in [4.69, 9.17) is 4.74 Å². The third kappa shape index (κ3) is 8.51. The van der Waals surface area contributed by atoms with Gasteiger partial charge in [-0.05, 0) is 52.7 Å². The Morgan fingerprint density at radius 3 is 2.41 bits per heavy atom. The summed E-state index contributed by atoms with van der Waals surface area (Å²) >= 11 is 0. The van der Waals surface area contributed by atoms with Gasteiger partial charge in [-0.15, -0.1) is 0 Å². The average Bonchev–Trinajstić information content (AvgIpc) is 2.52. The smallest absolute Gasteiger partial charge is 0.320 e. The Morgan fingerprint density at radius 1 is 1.28 bits per heavy atom. The molecule has 1 aromatic rings. The first-order valence-electron chi connectivity index (χ1n) is 9.52. The summed E-state index contributed by atoms with van der Waals surface area (Å²) in [5, 5.41) is 2.99. The summed E-state index contributed by atoms with van der Waals surface area (Å²) in [7, 11) is -4.28. The van der Waals surface area contributed by atoms with E-state index in [0.29, 0.717) is 18.7 Å². The van der Waals surface area contributed by atoms with E-state index in [1.165, 1.54) is 6.07 Å². The van der Waals surface area contributed by atoms with Gasteiger partial charge in [0.25, 0.3) is 16.0 Å². The van der Waals surface area contributed by atoms with E-state index in [1.54, 1.807) is 44.7 Å². The molecule has 0 aliphatic heterocycles. The van der Waals surface area contributed by atoms with Crippen LogP contribution in [0.3, 0.4) is 0 Å². The van der Waals surface area contributed by atoms with Gasteiger partial charge in [0.15, 0.2) is 0 Å². The second kappa shape index (κ2) is 10.2.